The van der Waals surface area contributed by atoms with E-state index in [4.69, 9.17) is 4.74 Å². The molecule has 3 rings (SSSR count). The van der Waals surface area contributed by atoms with Gasteiger partial charge in [0.15, 0.2) is 0 Å². The first-order chi connectivity index (χ1) is 13.9. The molecule has 29 heavy (non-hydrogen) atoms. The Labute approximate surface area is 165 Å². The molecule has 148 valence electrons. The van der Waals surface area contributed by atoms with Crippen molar-refractivity contribution in [1.82, 2.24) is 9.55 Å². The van der Waals surface area contributed by atoms with Crippen LogP contribution in [0.1, 0.15) is 5.56 Å². The summed E-state index contributed by atoms with van der Waals surface area (Å²) < 4.78 is 6.26. The van der Waals surface area contributed by atoms with Crippen molar-refractivity contribution in [2.75, 3.05) is 12.4 Å². The first kappa shape index (κ1) is 19.7. The van der Waals surface area contributed by atoms with Gasteiger partial charge in [0, 0.05) is 17.7 Å². The number of anilines is 1. The first-order valence-corrected chi connectivity index (χ1v) is 8.63. The van der Waals surface area contributed by atoms with E-state index in [0.717, 1.165) is 11.1 Å². The van der Waals surface area contributed by atoms with E-state index in [1.54, 1.807) is 0 Å². The predicted molar refractivity (Wildman–Crippen MR) is 107 cm³/mol. The number of amides is 1. The second-order valence-electron chi connectivity index (χ2n) is 6.30. The van der Waals surface area contributed by atoms with Crippen LogP contribution in [-0.4, -0.2) is 27.5 Å². The van der Waals surface area contributed by atoms with Crippen LogP contribution in [0.5, 0.6) is 5.75 Å². The molecular weight excluding hydrogens is 376 g/mol. The molecule has 1 heterocycles. The van der Waals surface area contributed by atoms with Crippen LogP contribution < -0.4 is 15.6 Å². The van der Waals surface area contributed by atoms with Crippen LogP contribution in [0.15, 0.2) is 59.7 Å². The lowest BCUT2D eigenvalue weighted by Crippen LogP contribution is -2.27. The summed E-state index contributed by atoms with van der Waals surface area (Å²) in [5.41, 5.74) is 2.15. The van der Waals surface area contributed by atoms with Gasteiger partial charge in [0.25, 0.3) is 11.2 Å². The summed E-state index contributed by atoms with van der Waals surface area (Å²) in [6, 6.07) is 12.8. The van der Waals surface area contributed by atoms with Gasteiger partial charge in [-0.1, -0.05) is 29.8 Å². The fourth-order valence-electron chi connectivity index (χ4n) is 2.67. The smallest absolute Gasteiger partial charge is 0.273 e. The zero-order valence-electron chi connectivity index (χ0n) is 15.8. The topological polar surface area (TPSA) is 116 Å². The fraction of sp³-hybridized carbons (Fsp3) is 0.150. The number of nitro groups is 1. The Morgan fingerprint density at radius 3 is 2.55 bits per heavy atom. The van der Waals surface area contributed by atoms with E-state index in [0.29, 0.717) is 5.69 Å². The second-order valence-corrected chi connectivity index (χ2v) is 6.30. The number of hydrogen-bond donors (Lipinski definition) is 1. The molecule has 0 saturated heterocycles. The van der Waals surface area contributed by atoms with Crippen LogP contribution >= 0.6 is 0 Å². The average molecular weight is 394 g/mol. The van der Waals surface area contributed by atoms with E-state index in [9.17, 15) is 19.7 Å². The van der Waals surface area contributed by atoms with Crippen LogP contribution in [-0.2, 0) is 11.3 Å². The Morgan fingerprint density at radius 1 is 1.21 bits per heavy atom. The number of carbonyl (C=O) groups is 1. The summed E-state index contributed by atoms with van der Waals surface area (Å²) in [7, 11) is 1.34. The molecule has 0 aliphatic heterocycles. The van der Waals surface area contributed by atoms with Crippen molar-refractivity contribution in [3.05, 3.63) is 80.9 Å². The van der Waals surface area contributed by atoms with Gasteiger partial charge in [-0.15, -0.1) is 0 Å². The highest BCUT2D eigenvalue weighted by atomic mass is 16.6. The molecule has 2 aromatic carbocycles. The zero-order chi connectivity index (χ0) is 21.0. The molecule has 9 nitrogen and oxygen atoms in total. The number of non-ortho nitro benzene ring substituents is 1. The minimum Gasteiger partial charge on any atom is -0.494 e. The number of hydrogen-bond acceptors (Lipinski definition) is 6. The first-order valence-electron chi connectivity index (χ1n) is 8.63. The normalized spacial score (nSPS) is 10.4. The van der Waals surface area contributed by atoms with E-state index < -0.39 is 10.8 Å². The maximum atomic E-state index is 12.4. The molecule has 1 aromatic heterocycles. The van der Waals surface area contributed by atoms with Gasteiger partial charge in [-0.2, -0.15) is 0 Å². The standard InChI is InChI=1S/C20H18N4O5/c1-13-3-5-14(6-4-13)17-10-20(26)23(12-21-17)11-19(25)22-16-8-7-15(24(27)28)9-18(16)29-2/h3-10,12H,11H2,1-2H3,(H,22,25). The number of nitrogens with zero attached hydrogens (tertiary/aromatic N) is 3. The van der Waals surface area contributed by atoms with Crippen LogP contribution in [0.2, 0.25) is 0 Å². The van der Waals surface area contributed by atoms with Crippen LogP contribution in [0.25, 0.3) is 11.3 Å². The fourth-order valence-corrected chi connectivity index (χ4v) is 2.67. The molecule has 0 atom stereocenters. The largest absolute Gasteiger partial charge is 0.494 e. The van der Waals surface area contributed by atoms with Gasteiger partial charge in [-0.3, -0.25) is 24.3 Å². The molecule has 0 fully saturated rings. The highest BCUT2D eigenvalue weighted by Gasteiger charge is 2.14. The summed E-state index contributed by atoms with van der Waals surface area (Å²) in [4.78, 5) is 39.2. The molecule has 0 aliphatic rings. The minimum atomic E-state index is -0.561. The van der Waals surface area contributed by atoms with Crippen molar-refractivity contribution in [2.45, 2.75) is 13.5 Å². The maximum absolute atomic E-state index is 12.4. The Kier molecular flexibility index (Phi) is 5.68. The lowest BCUT2D eigenvalue weighted by Gasteiger charge is -2.11. The van der Waals surface area contributed by atoms with Gasteiger partial charge < -0.3 is 10.1 Å². The number of aryl methyl sites for hydroxylation is 1. The summed E-state index contributed by atoms with van der Waals surface area (Å²) >= 11 is 0. The molecule has 0 aliphatic carbocycles. The van der Waals surface area contributed by atoms with Crippen molar-refractivity contribution in [1.29, 1.82) is 0 Å². The van der Waals surface area contributed by atoms with Crippen molar-refractivity contribution >= 4 is 17.3 Å². The molecule has 0 spiro atoms. The molecule has 0 unspecified atom stereocenters. The number of benzene rings is 2. The number of nitrogens with one attached hydrogen (secondary N) is 1. The van der Waals surface area contributed by atoms with Crippen molar-refractivity contribution in [3.8, 4) is 17.0 Å². The Balaban J connectivity index is 1.75. The maximum Gasteiger partial charge on any atom is 0.273 e. The number of nitro benzene ring substituents is 1. The summed E-state index contributed by atoms with van der Waals surface area (Å²) in [5.74, 6) is -0.350. The van der Waals surface area contributed by atoms with E-state index in [2.05, 4.69) is 10.3 Å². The highest BCUT2D eigenvalue weighted by molar-refractivity contribution is 5.92. The molecule has 0 bridgehead atoms. The zero-order valence-corrected chi connectivity index (χ0v) is 15.8. The van der Waals surface area contributed by atoms with E-state index >= 15 is 0 Å². The Bertz CT molecular complexity index is 1120. The average Bonchev–Trinajstić information content (AvgIpc) is 2.70. The monoisotopic (exact) mass is 394 g/mol. The van der Waals surface area contributed by atoms with E-state index in [1.807, 2.05) is 31.2 Å². The number of aromatic nitrogens is 2. The highest BCUT2D eigenvalue weighted by Crippen LogP contribution is 2.28. The third kappa shape index (κ3) is 4.64. The Morgan fingerprint density at radius 2 is 1.93 bits per heavy atom. The van der Waals surface area contributed by atoms with Gasteiger partial charge >= 0.3 is 0 Å². The second kappa shape index (κ2) is 8.34. The van der Waals surface area contributed by atoms with Crippen LogP contribution in [0, 0.1) is 17.0 Å². The lowest BCUT2D eigenvalue weighted by atomic mass is 10.1. The number of rotatable bonds is 6. The van der Waals surface area contributed by atoms with Crippen molar-refractivity contribution in [2.24, 2.45) is 0 Å². The molecule has 0 radical (unpaired) electrons. The molecule has 3 aromatic rings. The molecular formula is C20H18N4O5. The lowest BCUT2D eigenvalue weighted by molar-refractivity contribution is -0.384. The summed E-state index contributed by atoms with van der Waals surface area (Å²) in [5, 5.41) is 13.4. The molecule has 1 N–H and O–H groups in total. The van der Waals surface area contributed by atoms with Gasteiger partial charge in [0.05, 0.1) is 35.8 Å². The summed E-state index contributed by atoms with van der Waals surface area (Å²) in [6.45, 7) is 1.70. The van der Waals surface area contributed by atoms with Crippen molar-refractivity contribution < 1.29 is 14.5 Å². The third-order valence-electron chi connectivity index (χ3n) is 4.21. The van der Waals surface area contributed by atoms with Gasteiger partial charge in [-0.25, -0.2) is 4.98 Å². The minimum absolute atomic E-state index is 0.146. The predicted octanol–water partition coefficient (Wildman–Crippen LogP) is 2.77. The van der Waals surface area contributed by atoms with E-state index in [1.165, 1.54) is 42.3 Å². The van der Waals surface area contributed by atoms with Crippen molar-refractivity contribution in [3.63, 3.8) is 0 Å². The molecule has 0 saturated carbocycles. The van der Waals surface area contributed by atoms with Crippen LogP contribution in [0.3, 0.4) is 0 Å². The Hall–Kier alpha value is -4.01. The quantitative estimate of drug-likeness (QED) is 0.508. The number of carbonyl (C=O) groups excluding carboxylic acids is 1. The number of ether oxygens (including phenoxy) is 1. The van der Waals surface area contributed by atoms with Gasteiger partial charge in [-0.05, 0) is 13.0 Å². The molecule has 9 heteroatoms. The SMILES string of the molecule is COc1cc([N+](=O)[O-])ccc1NC(=O)Cn1cnc(-c2ccc(C)cc2)cc1=O. The van der Waals surface area contributed by atoms with Crippen LogP contribution in [0.4, 0.5) is 11.4 Å². The van der Waals surface area contributed by atoms with E-state index in [-0.39, 0.29) is 29.2 Å². The van der Waals surface area contributed by atoms with Gasteiger partial charge in [0.1, 0.15) is 12.3 Å². The third-order valence-corrected chi connectivity index (χ3v) is 4.21. The molecule has 1 amide bonds. The summed E-state index contributed by atoms with van der Waals surface area (Å²) in [6.07, 6.45) is 1.31. The number of methoxy groups -OCH3 is 1. The van der Waals surface area contributed by atoms with Gasteiger partial charge in [0.2, 0.25) is 5.91 Å².